The Hall–Kier alpha value is -0.650. The van der Waals surface area contributed by atoms with E-state index < -0.39 is 17.8 Å². The van der Waals surface area contributed by atoms with Gasteiger partial charge in [0.15, 0.2) is 6.10 Å². The highest BCUT2D eigenvalue weighted by Gasteiger charge is 2.42. The number of hydrogen-bond acceptors (Lipinski definition) is 5. The molecule has 1 rings (SSSR count). The van der Waals surface area contributed by atoms with Gasteiger partial charge in [0.2, 0.25) is 0 Å². The van der Waals surface area contributed by atoms with Crippen molar-refractivity contribution < 1.29 is 24.1 Å². The largest absolute Gasteiger partial charge is 0.464 e. The maximum Gasteiger partial charge on any atom is 0.335 e. The van der Waals surface area contributed by atoms with Crippen LogP contribution in [0.3, 0.4) is 0 Å². The summed E-state index contributed by atoms with van der Waals surface area (Å²) in [7, 11) is 1.64. The fraction of sp³-hybridized carbons (Fsp3) is 0.923. The predicted octanol–water partition coefficient (Wildman–Crippen LogP) is 1.27. The first kappa shape index (κ1) is 15.4. The molecule has 0 aliphatic carbocycles. The number of esters is 1. The van der Waals surface area contributed by atoms with Crippen LogP contribution in [0.1, 0.15) is 39.5 Å². The number of rotatable bonds is 6. The molecule has 1 fully saturated rings. The van der Waals surface area contributed by atoms with Gasteiger partial charge in [-0.2, -0.15) is 0 Å². The van der Waals surface area contributed by atoms with Gasteiger partial charge in [0.1, 0.15) is 0 Å². The molecular formula is C13H24O5. The van der Waals surface area contributed by atoms with Crippen molar-refractivity contribution in [1.29, 1.82) is 0 Å². The van der Waals surface area contributed by atoms with Gasteiger partial charge < -0.3 is 19.3 Å². The van der Waals surface area contributed by atoms with Gasteiger partial charge in [-0.3, -0.25) is 0 Å². The van der Waals surface area contributed by atoms with Crippen LogP contribution in [0, 0.1) is 0 Å². The minimum absolute atomic E-state index is 0.331. The Kier molecular flexibility index (Phi) is 6.05. The lowest BCUT2D eigenvalue weighted by Gasteiger charge is -2.41. The Morgan fingerprint density at radius 2 is 2.22 bits per heavy atom. The lowest BCUT2D eigenvalue weighted by Crippen LogP contribution is -2.51. The van der Waals surface area contributed by atoms with E-state index in [1.165, 1.54) is 0 Å². The molecule has 0 radical (unpaired) electrons. The summed E-state index contributed by atoms with van der Waals surface area (Å²) in [6, 6.07) is 0. The Morgan fingerprint density at radius 1 is 1.50 bits per heavy atom. The Bertz CT molecular complexity index is 268. The molecular weight excluding hydrogens is 236 g/mol. The first-order valence-electron chi connectivity index (χ1n) is 6.55. The van der Waals surface area contributed by atoms with Crippen molar-refractivity contribution in [3.8, 4) is 0 Å². The predicted molar refractivity (Wildman–Crippen MR) is 66.3 cm³/mol. The van der Waals surface area contributed by atoms with Crippen LogP contribution in [0.15, 0.2) is 0 Å². The van der Waals surface area contributed by atoms with Gasteiger partial charge in [-0.25, -0.2) is 4.79 Å². The fourth-order valence-electron chi connectivity index (χ4n) is 2.27. The van der Waals surface area contributed by atoms with Crippen molar-refractivity contribution in [2.24, 2.45) is 0 Å². The van der Waals surface area contributed by atoms with Gasteiger partial charge in [0, 0.05) is 13.7 Å². The van der Waals surface area contributed by atoms with Crippen LogP contribution in [0.2, 0.25) is 0 Å². The third-order valence-corrected chi connectivity index (χ3v) is 3.39. The number of carbonyl (C=O) groups excluding carboxylic acids is 1. The molecule has 18 heavy (non-hydrogen) atoms. The Balaban J connectivity index is 2.56. The summed E-state index contributed by atoms with van der Waals surface area (Å²) in [5.41, 5.74) is -0.686. The number of aliphatic hydroxyl groups excluding tert-OH is 1. The maximum atomic E-state index is 11.7. The monoisotopic (exact) mass is 260 g/mol. The number of methoxy groups -OCH3 is 1. The van der Waals surface area contributed by atoms with Crippen molar-refractivity contribution in [3.05, 3.63) is 0 Å². The average Bonchev–Trinajstić information content (AvgIpc) is 2.33. The number of carbonyl (C=O) groups is 1. The second kappa shape index (κ2) is 7.07. The lowest BCUT2D eigenvalue weighted by molar-refractivity contribution is -0.203. The first-order chi connectivity index (χ1) is 8.53. The number of ether oxygens (including phenoxy) is 3. The third kappa shape index (κ3) is 3.93. The van der Waals surface area contributed by atoms with E-state index in [4.69, 9.17) is 14.2 Å². The summed E-state index contributed by atoms with van der Waals surface area (Å²) in [6.45, 7) is 4.59. The molecule has 5 nitrogen and oxygen atoms in total. The highest BCUT2D eigenvalue weighted by atomic mass is 16.6. The topological polar surface area (TPSA) is 65.0 Å². The van der Waals surface area contributed by atoms with Crippen LogP contribution in [0.5, 0.6) is 0 Å². The van der Waals surface area contributed by atoms with E-state index in [-0.39, 0.29) is 5.97 Å². The minimum atomic E-state index is -0.686. The summed E-state index contributed by atoms with van der Waals surface area (Å²) in [5.74, 6) is -0.331. The zero-order valence-electron chi connectivity index (χ0n) is 11.5. The molecule has 0 spiro atoms. The van der Waals surface area contributed by atoms with E-state index >= 15 is 0 Å². The normalized spacial score (nSPS) is 32.2. The number of hydrogen-bond donors (Lipinski definition) is 1. The van der Waals surface area contributed by atoms with Gasteiger partial charge in [-0.05, 0) is 39.5 Å². The molecule has 0 bridgehead atoms. The SMILES string of the molecule is CCOC(=O)[C@H]1CC[C@H](O)[C@@](C)(CCCOC)O1. The third-order valence-electron chi connectivity index (χ3n) is 3.39. The molecule has 3 atom stereocenters. The molecule has 1 N–H and O–H groups in total. The molecule has 1 aliphatic heterocycles. The quantitative estimate of drug-likeness (QED) is 0.575. The van der Waals surface area contributed by atoms with Crippen LogP contribution in [0.25, 0.3) is 0 Å². The van der Waals surface area contributed by atoms with Gasteiger partial charge >= 0.3 is 5.97 Å². The van der Waals surface area contributed by atoms with E-state index in [9.17, 15) is 9.90 Å². The Labute approximate surface area is 108 Å². The van der Waals surface area contributed by atoms with Crippen molar-refractivity contribution in [2.75, 3.05) is 20.3 Å². The van der Waals surface area contributed by atoms with E-state index in [1.54, 1.807) is 14.0 Å². The summed E-state index contributed by atoms with van der Waals surface area (Å²) in [5, 5.41) is 10.0. The van der Waals surface area contributed by atoms with Crippen molar-refractivity contribution >= 4 is 5.97 Å². The van der Waals surface area contributed by atoms with Crippen molar-refractivity contribution in [3.63, 3.8) is 0 Å². The second-order valence-corrected chi connectivity index (χ2v) is 4.86. The highest BCUT2D eigenvalue weighted by molar-refractivity contribution is 5.74. The van der Waals surface area contributed by atoms with Gasteiger partial charge in [-0.15, -0.1) is 0 Å². The van der Waals surface area contributed by atoms with Gasteiger partial charge in [0.25, 0.3) is 0 Å². The van der Waals surface area contributed by atoms with E-state index in [1.807, 2.05) is 6.92 Å². The lowest BCUT2D eigenvalue weighted by atomic mass is 9.86. The molecule has 1 heterocycles. The average molecular weight is 260 g/mol. The highest BCUT2D eigenvalue weighted by Crippen LogP contribution is 2.33. The van der Waals surface area contributed by atoms with E-state index in [0.717, 1.165) is 6.42 Å². The molecule has 0 saturated carbocycles. The summed E-state index contributed by atoms with van der Waals surface area (Å²) >= 11 is 0. The van der Waals surface area contributed by atoms with Crippen molar-refractivity contribution in [2.45, 2.75) is 57.3 Å². The van der Waals surface area contributed by atoms with Crippen LogP contribution in [-0.2, 0) is 19.0 Å². The summed E-state index contributed by atoms with van der Waals surface area (Å²) in [6.07, 6.45) is 1.44. The first-order valence-corrected chi connectivity index (χ1v) is 6.55. The van der Waals surface area contributed by atoms with Crippen LogP contribution < -0.4 is 0 Å². The van der Waals surface area contributed by atoms with Gasteiger partial charge in [-0.1, -0.05) is 0 Å². The molecule has 1 saturated heterocycles. The molecule has 0 amide bonds. The minimum Gasteiger partial charge on any atom is -0.464 e. The van der Waals surface area contributed by atoms with Gasteiger partial charge in [0.05, 0.1) is 18.3 Å². The molecule has 106 valence electrons. The second-order valence-electron chi connectivity index (χ2n) is 4.86. The van der Waals surface area contributed by atoms with Crippen LogP contribution in [0.4, 0.5) is 0 Å². The molecule has 0 unspecified atom stereocenters. The summed E-state index contributed by atoms with van der Waals surface area (Å²) in [4.78, 5) is 11.7. The summed E-state index contributed by atoms with van der Waals surface area (Å²) < 4.78 is 15.7. The van der Waals surface area contributed by atoms with Crippen LogP contribution >= 0.6 is 0 Å². The molecule has 0 aromatic heterocycles. The zero-order valence-corrected chi connectivity index (χ0v) is 11.5. The van der Waals surface area contributed by atoms with E-state index in [2.05, 4.69) is 0 Å². The Morgan fingerprint density at radius 3 is 2.83 bits per heavy atom. The fourth-order valence-corrected chi connectivity index (χ4v) is 2.27. The molecule has 0 aromatic carbocycles. The number of aliphatic hydroxyl groups is 1. The zero-order chi connectivity index (χ0) is 13.6. The molecule has 5 heteroatoms. The smallest absolute Gasteiger partial charge is 0.335 e. The molecule has 1 aliphatic rings. The molecule has 0 aromatic rings. The standard InChI is InChI=1S/C13H24O5/c1-4-17-12(15)10-6-7-11(14)13(2,18-10)8-5-9-16-3/h10-11,14H,4-9H2,1-3H3/t10-,11+,13-/m1/s1. The maximum absolute atomic E-state index is 11.7. The van der Waals surface area contributed by atoms with Crippen LogP contribution in [-0.4, -0.2) is 49.2 Å². The van der Waals surface area contributed by atoms with Crippen molar-refractivity contribution in [1.82, 2.24) is 0 Å². The van der Waals surface area contributed by atoms with E-state index in [0.29, 0.717) is 32.5 Å².